The highest BCUT2D eigenvalue weighted by Gasteiger charge is 2.32. The number of rotatable bonds is 7. The van der Waals surface area contributed by atoms with Crippen molar-refractivity contribution in [2.45, 2.75) is 13.8 Å². The summed E-state index contributed by atoms with van der Waals surface area (Å²) in [7, 11) is 0. The van der Waals surface area contributed by atoms with Crippen LogP contribution in [0.25, 0.3) is 6.08 Å². The Balaban J connectivity index is 1.75. The summed E-state index contributed by atoms with van der Waals surface area (Å²) in [4.78, 5) is 25.7. The first kappa shape index (κ1) is 21.7. The van der Waals surface area contributed by atoms with Gasteiger partial charge in [-0.2, -0.15) is 10.1 Å². The largest absolute Gasteiger partial charge is 0.372 e. The van der Waals surface area contributed by atoms with Crippen molar-refractivity contribution in [3.8, 4) is 0 Å². The molecule has 0 saturated carbocycles. The van der Waals surface area contributed by atoms with Crippen LogP contribution in [-0.4, -0.2) is 39.5 Å². The first-order valence-corrected chi connectivity index (χ1v) is 10.6. The quantitative estimate of drug-likeness (QED) is 0.205. The molecule has 0 aromatic heterocycles. The van der Waals surface area contributed by atoms with Gasteiger partial charge in [-0.15, -0.1) is 0 Å². The first-order chi connectivity index (χ1) is 14.4. The van der Waals surface area contributed by atoms with Gasteiger partial charge in [0.05, 0.1) is 16.0 Å². The van der Waals surface area contributed by atoms with Gasteiger partial charge in [0.2, 0.25) is 0 Å². The van der Waals surface area contributed by atoms with Gasteiger partial charge >= 0.3 is 0 Å². The summed E-state index contributed by atoms with van der Waals surface area (Å²) in [5, 5.41) is 16.3. The van der Waals surface area contributed by atoms with Gasteiger partial charge < -0.3 is 4.90 Å². The molecule has 1 fully saturated rings. The number of benzene rings is 2. The molecule has 1 saturated heterocycles. The molecule has 30 heavy (non-hydrogen) atoms. The molecule has 0 bridgehead atoms. The molecule has 0 spiro atoms. The maximum Gasteiger partial charge on any atom is 0.286 e. The fourth-order valence-electron chi connectivity index (χ4n) is 2.92. The molecule has 0 aliphatic carbocycles. The molecule has 0 N–H and O–H groups in total. The predicted molar refractivity (Wildman–Crippen MR) is 126 cm³/mol. The lowest BCUT2D eigenvalue weighted by molar-refractivity contribution is -0.384. The second-order valence-corrected chi connectivity index (χ2v) is 8.03. The van der Waals surface area contributed by atoms with Crippen LogP contribution in [0.5, 0.6) is 0 Å². The van der Waals surface area contributed by atoms with E-state index in [2.05, 4.69) is 23.8 Å². The van der Waals surface area contributed by atoms with Crippen molar-refractivity contribution in [2.24, 2.45) is 5.10 Å². The van der Waals surface area contributed by atoms with Crippen LogP contribution in [0.4, 0.5) is 11.4 Å². The first-order valence-electron chi connectivity index (χ1n) is 9.34. The summed E-state index contributed by atoms with van der Waals surface area (Å²) >= 11 is 6.40. The summed E-state index contributed by atoms with van der Waals surface area (Å²) in [6.45, 7) is 6.07. The fourth-order valence-corrected chi connectivity index (χ4v) is 4.10. The van der Waals surface area contributed by atoms with Crippen LogP contribution in [0.15, 0.2) is 58.5 Å². The number of non-ortho nitro benzene ring substituents is 1. The van der Waals surface area contributed by atoms with Crippen molar-refractivity contribution in [3.05, 3.63) is 74.7 Å². The van der Waals surface area contributed by atoms with Crippen molar-refractivity contribution >= 4 is 57.9 Å². The third-order valence-electron chi connectivity index (χ3n) is 4.50. The Bertz CT molecular complexity index is 1030. The number of hydrogen-bond donors (Lipinski definition) is 0. The van der Waals surface area contributed by atoms with Crippen molar-refractivity contribution in [1.82, 2.24) is 5.01 Å². The third-order valence-corrected chi connectivity index (χ3v) is 5.78. The van der Waals surface area contributed by atoms with Crippen LogP contribution < -0.4 is 4.90 Å². The molecular weight excluding hydrogens is 420 g/mol. The molecule has 0 unspecified atom stereocenters. The van der Waals surface area contributed by atoms with E-state index >= 15 is 0 Å². The number of hydrazone groups is 1. The van der Waals surface area contributed by atoms with Gasteiger partial charge in [0.1, 0.15) is 0 Å². The smallest absolute Gasteiger partial charge is 0.286 e. The number of hydrogen-bond acceptors (Lipinski definition) is 7. The van der Waals surface area contributed by atoms with Crippen LogP contribution >= 0.6 is 24.0 Å². The number of anilines is 1. The monoisotopic (exact) mass is 440 g/mol. The van der Waals surface area contributed by atoms with Crippen molar-refractivity contribution in [3.63, 3.8) is 0 Å². The maximum atomic E-state index is 12.7. The molecular formula is C21H20N4O3S2. The van der Waals surface area contributed by atoms with E-state index in [0.29, 0.717) is 14.8 Å². The topological polar surface area (TPSA) is 79.0 Å². The lowest BCUT2D eigenvalue weighted by atomic mass is 10.2. The molecule has 1 aliphatic heterocycles. The highest BCUT2D eigenvalue weighted by Crippen LogP contribution is 2.33. The summed E-state index contributed by atoms with van der Waals surface area (Å²) in [5.74, 6) is -0.354. The van der Waals surface area contributed by atoms with E-state index in [1.807, 2.05) is 24.3 Å². The average molecular weight is 441 g/mol. The Morgan fingerprint density at radius 1 is 1.17 bits per heavy atom. The Labute approximate surface area is 184 Å². The fraction of sp³-hybridized carbons (Fsp3) is 0.190. The second kappa shape index (κ2) is 9.64. The predicted octanol–water partition coefficient (Wildman–Crippen LogP) is 4.68. The van der Waals surface area contributed by atoms with Crippen molar-refractivity contribution < 1.29 is 9.72 Å². The van der Waals surface area contributed by atoms with E-state index in [4.69, 9.17) is 12.2 Å². The van der Waals surface area contributed by atoms with E-state index in [-0.39, 0.29) is 11.6 Å². The molecule has 1 heterocycles. The number of thioether (sulfide) groups is 1. The number of nitro groups is 1. The van der Waals surface area contributed by atoms with E-state index in [9.17, 15) is 14.9 Å². The van der Waals surface area contributed by atoms with Crippen LogP contribution in [0, 0.1) is 10.1 Å². The van der Waals surface area contributed by atoms with Crippen molar-refractivity contribution in [2.75, 3.05) is 18.0 Å². The molecule has 2 aromatic carbocycles. The lowest BCUT2D eigenvalue weighted by Crippen LogP contribution is -2.22. The molecule has 7 nitrogen and oxygen atoms in total. The van der Waals surface area contributed by atoms with Gasteiger partial charge in [-0.3, -0.25) is 14.9 Å². The minimum absolute atomic E-state index is 0.0367. The molecule has 2 aromatic rings. The number of nitro benzene ring substituents is 1. The highest BCUT2D eigenvalue weighted by atomic mass is 32.2. The van der Waals surface area contributed by atoms with Gasteiger partial charge in [-0.05, 0) is 55.4 Å². The Morgan fingerprint density at radius 3 is 2.50 bits per heavy atom. The molecule has 9 heteroatoms. The maximum absolute atomic E-state index is 12.7. The van der Waals surface area contributed by atoms with Gasteiger partial charge in [-0.1, -0.05) is 36.0 Å². The van der Waals surface area contributed by atoms with Gasteiger partial charge in [0, 0.05) is 30.9 Å². The third kappa shape index (κ3) is 4.92. The average Bonchev–Trinajstić information content (AvgIpc) is 3.01. The molecule has 1 amide bonds. The SMILES string of the molecule is CCN(CC)c1ccc(/C=N/N2C(=O)/C(=C\c3cccc([N+](=O)[O-])c3)SC2=S)cc1. The molecule has 0 atom stereocenters. The molecule has 3 rings (SSSR count). The normalized spacial score (nSPS) is 15.4. The zero-order chi connectivity index (χ0) is 21.7. The summed E-state index contributed by atoms with van der Waals surface area (Å²) in [6, 6.07) is 14.0. The minimum atomic E-state index is -0.474. The number of amides is 1. The van der Waals surface area contributed by atoms with Gasteiger partial charge in [-0.25, -0.2) is 0 Å². The Hall–Kier alpha value is -3.04. The zero-order valence-corrected chi connectivity index (χ0v) is 18.2. The molecule has 1 aliphatic rings. The zero-order valence-electron chi connectivity index (χ0n) is 16.5. The van der Waals surface area contributed by atoms with E-state index in [1.165, 1.54) is 17.1 Å². The number of thiocarbonyl (C=S) groups is 1. The van der Waals surface area contributed by atoms with E-state index in [0.717, 1.165) is 36.1 Å². The molecule has 0 radical (unpaired) electrons. The standard InChI is InChI=1S/C21H20N4O3S2/c1-3-23(4-2)17-10-8-15(9-11-17)14-22-24-20(26)19(30-21(24)29)13-16-6-5-7-18(12-16)25(27)28/h5-14H,3-4H2,1-2H3/b19-13+,22-14+. The molecule has 154 valence electrons. The summed E-state index contributed by atoms with van der Waals surface area (Å²) in [5.41, 5.74) is 2.50. The van der Waals surface area contributed by atoms with Crippen molar-refractivity contribution in [1.29, 1.82) is 0 Å². The lowest BCUT2D eigenvalue weighted by Gasteiger charge is -2.20. The number of carbonyl (C=O) groups is 1. The van der Waals surface area contributed by atoms with Crippen LogP contribution in [0.1, 0.15) is 25.0 Å². The Morgan fingerprint density at radius 2 is 1.87 bits per heavy atom. The number of nitrogens with zero attached hydrogens (tertiary/aromatic N) is 4. The second-order valence-electron chi connectivity index (χ2n) is 6.35. The van der Waals surface area contributed by atoms with E-state index in [1.54, 1.807) is 24.4 Å². The van der Waals surface area contributed by atoms with Crippen LogP contribution in [0.2, 0.25) is 0 Å². The van der Waals surface area contributed by atoms with Gasteiger partial charge in [0.25, 0.3) is 11.6 Å². The van der Waals surface area contributed by atoms with Crippen LogP contribution in [-0.2, 0) is 4.79 Å². The number of carbonyl (C=O) groups excluding carboxylic acids is 1. The highest BCUT2D eigenvalue weighted by molar-refractivity contribution is 8.26. The summed E-state index contributed by atoms with van der Waals surface area (Å²) < 4.78 is 0.313. The summed E-state index contributed by atoms with van der Waals surface area (Å²) in [6.07, 6.45) is 3.17. The minimum Gasteiger partial charge on any atom is -0.372 e. The Kier molecular flexibility index (Phi) is 6.96. The van der Waals surface area contributed by atoms with E-state index < -0.39 is 4.92 Å². The van der Waals surface area contributed by atoms with Gasteiger partial charge in [0.15, 0.2) is 4.32 Å². The van der Waals surface area contributed by atoms with Crippen LogP contribution in [0.3, 0.4) is 0 Å².